The number of aromatic amines is 1. The van der Waals surface area contributed by atoms with E-state index in [-0.39, 0.29) is 11.5 Å². The molecule has 4 aromatic rings. The van der Waals surface area contributed by atoms with Gasteiger partial charge in [0.1, 0.15) is 24.2 Å². The number of carbonyl (C=O) groups excluding carboxylic acids is 1. The number of nitrogens with one attached hydrogen (secondary N) is 1. The molecule has 3 N–H and O–H groups in total. The molecule has 0 saturated carbocycles. The van der Waals surface area contributed by atoms with E-state index in [4.69, 9.17) is 4.74 Å². The number of nitrogens with zero attached hydrogens (tertiary/aromatic N) is 3. The van der Waals surface area contributed by atoms with Crippen LogP contribution in [0.5, 0.6) is 11.5 Å². The Morgan fingerprint density at radius 3 is 2.56 bits per heavy atom. The van der Waals surface area contributed by atoms with E-state index < -0.39 is 6.10 Å². The van der Waals surface area contributed by atoms with Crippen molar-refractivity contribution in [2.45, 2.75) is 39.4 Å². The SMILES string of the molecule is CCCc1c(OCc2ccc(C(O)c3cccc(-c4nn[nH]n4)c3)cc2)ccc(C(C)=O)c1O. The second kappa shape index (κ2) is 10.3. The molecule has 8 nitrogen and oxygen atoms in total. The Balaban J connectivity index is 1.47. The summed E-state index contributed by atoms with van der Waals surface area (Å²) in [4.78, 5) is 11.7. The smallest absolute Gasteiger partial charge is 0.204 e. The third-order valence-corrected chi connectivity index (χ3v) is 5.61. The van der Waals surface area contributed by atoms with Gasteiger partial charge in [-0.1, -0.05) is 55.8 Å². The van der Waals surface area contributed by atoms with Crippen molar-refractivity contribution in [3.8, 4) is 22.9 Å². The quantitative estimate of drug-likeness (QED) is 0.318. The molecule has 0 saturated heterocycles. The number of ether oxygens (including phenoxy) is 1. The summed E-state index contributed by atoms with van der Waals surface area (Å²) in [6.07, 6.45) is 0.608. The number of aliphatic hydroxyl groups is 1. The summed E-state index contributed by atoms with van der Waals surface area (Å²) in [5.74, 6) is 0.838. The zero-order chi connectivity index (χ0) is 24.1. The number of rotatable bonds is 9. The number of H-pyrrole nitrogens is 1. The van der Waals surface area contributed by atoms with Crippen molar-refractivity contribution in [3.63, 3.8) is 0 Å². The minimum Gasteiger partial charge on any atom is -0.507 e. The minimum atomic E-state index is -0.811. The van der Waals surface area contributed by atoms with Crippen molar-refractivity contribution in [1.82, 2.24) is 20.6 Å². The van der Waals surface area contributed by atoms with Crippen molar-refractivity contribution < 1.29 is 19.7 Å². The molecule has 1 heterocycles. The summed E-state index contributed by atoms with van der Waals surface area (Å²) in [5, 5.41) is 35.3. The molecule has 1 unspecified atom stereocenters. The molecule has 0 spiro atoms. The Labute approximate surface area is 197 Å². The molecular formula is C26H26N4O4. The first-order valence-corrected chi connectivity index (χ1v) is 11.1. The van der Waals surface area contributed by atoms with E-state index in [9.17, 15) is 15.0 Å². The Hall–Kier alpha value is -4.04. The summed E-state index contributed by atoms with van der Waals surface area (Å²) >= 11 is 0. The molecule has 4 rings (SSSR count). The van der Waals surface area contributed by atoms with Gasteiger partial charge in [-0.15, -0.1) is 10.2 Å². The first kappa shape index (κ1) is 23.1. The number of tetrazole rings is 1. The first-order valence-electron chi connectivity index (χ1n) is 11.1. The lowest BCUT2D eigenvalue weighted by atomic mass is 9.98. The number of benzene rings is 3. The van der Waals surface area contributed by atoms with Gasteiger partial charge in [-0.05, 0) is 53.4 Å². The summed E-state index contributed by atoms with van der Waals surface area (Å²) in [7, 11) is 0. The maximum absolute atomic E-state index is 11.7. The fourth-order valence-corrected chi connectivity index (χ4v) is 3.81. The highest BCUT2D eigenvalue weighted by Crippen LogP contribution is 2.33. The fourth-order valence-electron chi connectivity index (χ4n) is 3.81. The van der Waals surface area contributed by atoms with Gasteiger partial charge in [-0.2, -0.15) is 5.21 Å². The first-order chi connectivity index (χ1) is 16.5. The van der Waals surface area contributed by atoms with Gasteiger partial charge >= 0.3 is 0 Å². The van der Waals surface area contributed by atoms with E-state index in [0.717, 1.165) is 28.7 Å². The Morgan fingerprint density at radius 1 is 1.09 bits per heavy atom. The van der Waals surface area contributed by atoms with E-state index in [1.54, 1.807) is 12.1 Å². The lowest BCUT2D eigenvalue weighted by molar-refractivity contribution is 0.101. The molecule has 0 amide bonds. The van der Waals surface area contributed by atoms with Gasteiger partial charge in [-0.25, -0.2) is 0 Å². The number of ketones is 1. The van der Waals surface area contributed by atoms with Crippen LogP contribution in [0.25, 0.3) is 11.4 Å². The van der Waals surface area contributed by atoms with Crippen LogP contribution >= 0.6 is 0 Å². The van der Waals surface area contributed by atoms with Crippen molar-refractivity contribution in [2.24, 2.45) is 0 Å². The average molecular weight is 459 g/mol. The highest BCUT2D eigenvalue weighted by molar-refractivity contribution is 5.97. The lowest BCUT2D eigenvalue weighted by Crippen LogP contribution is -2.03. The van der Waals surface area contributed by atoms with Crippen LogP contribution in [0.4, 0.5) is 0 Å². The van der Waals surface area contributed by atoms with E-state index >= 15 is 0 Å². The molecule has 0 radical (unpaired) electrons. The van der Waals surface area contributed by atoms with Gasteiger partial charge in [0.25, 0.3) is 0 Å². The molecule has 0 aliphatic rings. The van der Waals surface area contributed by atoms with Crippen LogP contribution < -0.4 is 4.74 Å². The van der Waals surface area contributed by atoms with E-state index in [1.807, 2.05) is 55.5 Å². The molecule has 0 bridgehead atoms. The topological polar surface area (TPSA) is 121 Å². The summed E-state index contributed by atoms with van der Waals surface area (Å²) in [6.45, 7) is 3.73. The molecule has 1 atom stereocenters. The standard InChI is InChI=1S/C26H26N4O4/c1-3-5-22-23(13-12-21(16(2)31)25(22)33)34-15-17-8-10-18(11-9-17)24(32)19-6-4-7-20(14-19)26-27-29-30-28-26/h4,6-14,24,32-33H,3,5,15H2,1-2H3,(H,27,28,29,30). The number of phenols is 1. The van der Waals surface area contributed by atoms with Crippen LogP contribution in [0.15, 0.2) is 60.7 Å². The van der Waals surface area contributed by atoms with Crippen LogP contribution in [0, 0.1) is 0 Å². The van der Waals surface area contributed by atoms with Crippen LogP contribution in [-0.2, 0) is 13.0 Å². The van der Waals surface area contributed by atoms with E-state index in [1.165, 1.54) is 6.92 Å². The van der Waals surface area contributed by atoms with Crippen molar-refractivity contribution in [1.29, 1.82) is 0 Å². The van der Waals surface area contributed by atoms with Crippen molar-refractivity contribution in [2.75, 3.05) is 0 Å². The second-order valence-electron chi connectivity index (χ2n) is 8.04. The number of aliphatic hydroxyl groups excluding tert-OH is 1. The monoisotopic (exact) mass is 458 g/mol. The molecule has 0 aliphatic heterocycles. The largest absolute Gasteiger partial charge is 0.507 e. The number of aromatic hydroxyl groups is 1. The minimum absolute atomic E-state index is 0.00614. The van der Waals surface area contributed by atoms with Gasteiger partial charge in [0.2, 0.25) is 5.82 Å². The Morgan fingerprint density at radius 2 is 1.88 bits per heavy atom. The summed E-state index contributed by atoms with van der Waals surface area (Å²) < 4.78 is 5.98. The van der Waals surface area contributed by atoms with Gasteiger partial charge < -0.3 is 14.9 Å². The van der Waals surface area contributed by atoms with Crippen LogP contribution in [0.1, 0.15) is 59.0 Å². The molecule has 1 aromatic heterocycles. The molecule has 3 aromatic carbocycles. The highest BCUT2D eigenvalue weighted by Gasteiger charge is 2.16. The maximum Gasteiger partial charge on any atom is 0.204 e. The number of carbonyl (C=O) groups is 1. The third kappa shape index (κ3) is 4.97. The summed E-state index contributed by atoms with van der Waals surface area (Å²) in [6, 6.07) is 18.2. The van der Waals surface area contributed by atoms with Gasteiger partial charge in [0.05, 0.1) is 5.56 Å². The normalized spacial score (nSPS) is 11.9. The van der Waals surface area contributed by atoms with Gasteiger partial charge in [0, 0.05) is 11.1 Å². The summed E-state index contributed by atoms with van der Waals surface area (Å²) in [5.41, 5.74) is 4.08. The zero-order valence-corrected chi connectivity index (χ0v) is 19.0. The lowest BCUT2D eigenvalue weighted by Gasteiger charge is -2.16. The Bertz CT molecular complexity index is 1270. The molecular weight excluding hydrogens is 432 g/mol. The van der Waals surface area contributed by atoms with E-state index in [2.05, 4.69) is 20.6 Å². The van der Waals surface area contributed by atoms with Crippen LogP contribution in [0.2, 0.25) is 0 Å². The maximum atomic E-state index is 11.7. The van der Waals surface area contributed by atoms with Crippen molar-refractivity contribution >= 4 is 5.78 Å². The molecule has 8 heteroatoms. The van der Waals surface area contributed by atoms with Crippen LogP contribution in [0.3, 0.4) is 0 Å². The van der Waals surface area contributed by atoms with E-state index in [0.29, 0.717) is 35.7 Å². The number of phenolic OH excluding ortho intramolecular Hbond substituents is 1. The highest BCUT2D eigenvalue weighted by atomic mass is 16.5. The molecule has 0 fully saturated rings. The number of hydrogen-bond acceptors (Lipinski definition) is 7. The Kier molecular flexibility index (Phi) is 6.98. The number of hydrogen-bond donors (Lipinski definition) is 3. The molecule has 0 aliphatic carbocycles. The van der Waals surface area contributed by atoms with Crippen molar-refractivity contribution in [3.05, 3.63) is 88.5 Å². The average Bonchev–Trinajstić information content (AvgIpc) is 3.39. The fraction of sp³-hybridized carbons (Fsp3) is 0.231. The number of aromatic nitrogens is 4. The van der Waals surface area contributed by atoms with Crippen LogP contribution in [-0.4, -0.2) is 36.6 Å². The third-order valence-electron chi connectivity index (χ3n) is 5.61. The predicted molar refractivity (Wildman–Crippen MR) is 127 cm³/mol. The predicted octanol–water partition coefficient (Wildman–Crippen LogP) is 4.39. The zero-order valence-electron chi connectivity index (χ0n) is 19.0. The number of Topliss-reactive ketones (excluding diaryl/α,β-unsaturated/α-hetero) is 1. The van der Waals surface area contributed by atoms with Gasteiger partial charge in [0.15, 0.2) is 5.78 Å². The van der Waals surface area contributed by atoms with Gasteiger partial charge in [-0.3, -0.25) is 4.79 Å². The molecule has 34 heavy (non-hydrogen) atoms. The molecule has 174 valence electrons. The second-order valence-corrected chi connectivity index (χ2v) is 8.04.